The molecule has 15 heavy (non-hydrogen) atoms. The quantitative estimate of drug-likeness (QED) is 0.727. The predicted molar refractivity (Wildman–Crippen MR) is 72.9 cm³/mol. The highest BCUT2D eigenvalue weighted by Gasteiger charge is 2.22. The largest absolute Gasteiger partial charge is 0.339 e. The maximum absolute atomic E-state index is 5.53. The molecule has 1 atom stereocenters. The maximum Gasteiger partial charge on any atom is 0.0861 e. The van der Waals surface area contributed by atoms with Crippen LogP contribution in [0, 0.1) is 5.92 Å². The number of thiocarbonyl (C=S) groups is 1. The van der Waals surface area contributed by atoms with Crippen molar-refractivity contribution in [2.24, 2.45) is 5.92 Å². The molecule has 0 aromatic heterocycles. The van der Waals surface area contributed by atoms with Crippen LogP contribution >= 0.6 is 24.0 Å². The summed E-state index contributed by atoms with van der Waals surface area (Å²) in [6.45, 7) is 0. The second kappa shape index (κ2) is 4.99. The molecule has 0 aliphatic carbocycles. The highest BCUT2D eigenvalue weighted by molar-refractivity contribution is 7.99. The molecule has 1 heterocycles. The van der Waals surface area contributed by atoms with Crippen molar-refractivity contribution >= 4 is 34.7 Å². The summed E-state index contributed by atoms with van der Waals surface area (Å²) >= 11 is 7.54. The van der Waals surface area contributed by atoms with Gasteiger partial charge in [-0.05, 0) is 24.3 Å². The monoisotopic (exact) mass is 237 g/mol. The topological polar surface area (TPSA) is 3.24 Å². The van der Waals surface area contributed by atoms with Gasteiger partial charge in [0, 0.05) is 24.4 Å². The third kappa shape index (κ3) is 2.52. The number of hydrogen-bond acceptors (Lipinski definition) is 2. The van der Waals surface area contributed by atoms with Gasteiger partial charge in [0.25, 0.3) is 0 Å². The second-order valence-corrected chi connectivity index (χ2v) is 5.36. The molecule has 1 aliphatic rings. The first-order valence-electron chi connectivity index (χ1n) is 5.19. The van der Waals surface area contributed by atoms with E-state index in [1.807, 2.05) is 17.8 Å². The minimum atomic E-state index is 0.593. The van der Waals surface area contributed by atoms with E-state index in [1.165, 1.54) is 23.6 Å². The Hall–Kier alpha value is -0.540. The summed E-state index contributed by atoms with van der Waals surface area (Å²) in [5, 5.41) is 0. The zero-order valence-corrected chi connectivity index (χ0v) is 10.5. The van der Waals surface area contributed by atoms with Crippen LogP contribution in [0.25, 0.3) is 0 Å². The zero-order valence-electron chi connectivity index (χ0n) is 8.85. The SMILES string of the molecule is CN(C(=S)C1CCSC1)c1ccccc1. The Balaban J connectivity index is 2.07. The average molecular weight is 237 g/mol. The fourth-order valence-corrected chi connectivity index (χ4v) is 3.42. The Morgan fingerprint density at radius 3 is 2.73 bits per heavy atom. The predicted octanol–water partition coefficient (Wildman–Crippen LogP) is 3.20. The van der Waals surface area contributed by atoms with Crippen LogP contribution in [0.4, 0.5) is 5.69 Å². The van der Waals surface area contributed by atoms with Crippen molar-refractivity contribution in [3.05, 3.63) is 30.3 Å². The molecular formula is C12H15NS2. The normalized spacial score (nSPS) is 20.2. The van der Waals surface area contributed by atoms with E-state index in [2.05, 4.69) is 36.2 Å². The Morgan fingerprint density at radius 1 is 1.40 bits per heavy atom. The molecule has 1 aromatic carbocycles. The van der Waals surface area contributed by atoms with Gasteiger partial charge in [-0.25, -0.2) is 0 Å². The van der Waals surface area contributed by atoms with E-state index < -0.39 is 0 Å². The van der Waals surface area contributed by atoms with Gasteiger partial charge in [-0.1, -0.05) is 30.4 Å². The molecule has 1 saturated heterocycles. The Bertz CT molecular complexity index is 331. The molecule has 80 valence electrons. The van der Waals surface area contributed by atoms with Crippen LogP contribution in [0.3, 0.4) is 0 Å². The number of hydrogen-bond donors (Lipinski definition) is 0. The number of anilines is 1. The highest BCUT2D eigenvalue weighted by Crippen LogP contribution is 2.27. The third-order valence-electron chi connectivity index (χ3n) is 2.75. The van der Waals surface area contributed by atoms with Crippen LogP contribution in [0.1, 0.15) is 6.42 Å². The van der Waals surface area contributed by atoms with Crippen molar-refractivity contribution < 1.29 is 0 Å². The fourth-order valence-electron chi connectivity index (χ4n) is 1.78. The van der Waals surface area contributed by atoms with E-state index in [-0.39, 0.29) is 0 Å². The van der Waals surface area contributed by atoms with Gasteiger partial charge in [0.15, 0.2) is 0 Å². The van der Waals surface area contributed by atoms with Crippen molar-refractivity contribution in [1.82, 2.24) is 0 Å². The van der Waals surface area contributed by atoms with Crippen molar-refractivity contribution in [2.75, 3.05) is 23.5 Å². The minimum absolute atomic E-state index is 0.593. The first-order chi connectivity index (χ1) is 7.29. The number of nitrogens with zero attached hydrogens (tertiary/aromatic N) is 1. The van der Waals surface area contributed by atoms with Gasteiger partial charge in [0.05, 0.1) is 4.99 Å². The molecule has 1 aromatic rings. The van der Waals surface area contributed by atoms with E-state index in [9.17, 15) is 0 Å². The van der Waals surface area contributed by atoms with Crippen LogP contribution in [0.15, 0.2) is 30.3 Å². The zero-order chi connectivity index (χ0) is 10.7. The lowest BCUT2D eigenvalue weighted by Gasteiger charge is -2.23. The van der Waals surface area contributed by atoms with Crippen molar-refractivity contribution in [1.29, 1.82) is 0 Å². The van der Waals surface area contributed by atoms with Crippen LogP contribution in [0.2, 0.25) is 0 Å². The van der Waals surface area contributed by atoms with E-state index in [1.54, 1.807) is 0 Å². The summed E-state index contributed by atoms with van der Waals surface area (Å²) in [4.78, 5) is 3.23. The summed E-state index contributed by atoms with van der Waals surface area (Å²) in [5.74, 6) is 3.04. The Kier molecular flexibility index (Phi) is 3.65. The van der Waals surface area contributed by atoms with Gasteiger partial charge in [-0.15, -0.1) is 0 Å². The van der Waals surface area contributed by atoms with Crippen molar-refractivity contribution in [2.45, 2.75) is 6.42 Å². The Labute approximate surface area is 101 Å². The van der Waals surface area contributed by atoms with Crippen molar-refractivity contribution in [3.8, 4) is 0 Å². The fraction of sp³-hybridized carbons (Fsp3) is 0.417. The van der Waals surface area contributed by atoms with E-state index >= 15 is 0 Å². The molecule has 0 radical (unpaired) electrons. The Morgan fingerprint density at radius 2 is 2.13 bits per heavy atom. The molecule has 0 bridgehead atoms. The van der Waals surface area contributed by atoms with Gasteiger partial charge >= 0.3 is 0 Å². The molecule has 3 heteroatoms. The summed E-state index contributed by atoms with van der Waals surface area (Å²) in [5.41, 5.74) is 1.19. The van der Waals surface area contributed by atoms with Crippen LogP contribution in [-0.2, 0) is 0 Å². The summed E-state index contributed by atoms with van der Waals surface area (Å²) in [6, 6.07) is 10.4. The van der Waals surface area contributed by atoms with Gasteiger partial charge in [-0.3, -0.25) is 0 Å². The molecule has 2 rings (SSSR count). The van der Waals surface area contributed by atoms with Crippen LogP contribution < -0.4 is 4.90 Å². The summed E-state index contributed by atoms with van der Waals surface area (Å²) < 4.78 is 0. The molecule has 1 nitrogen and oxygen atoms in total. The molecular weight excluding hydrogens is 222 g/mol. The van der Waals surface area contributed by atoms with Crippen LogP contribution in [-0.4, -0.2) is 23.5 Å². The standard InChI is InChI=1S/C12H15NS2/c1-13(11-5-3-2-4-6-11)12(14)10-7-8-15-9-10/h2-6,10H,7-9H2,1H3. The third-order valence-corrected chi connectivity index (χ3v) is 4.52. The molecule has 0 saturated carbocycles. The lowest BCUT2D eigenvalue weighted by molar-refractivity contribution is 0.789. The van der Waals surface area contributed by atoms with Gasteiger partial charge in [-0.2, -0.15) is 11.8 Å². The first kappa shape index (κ1) is 11.0. The van der Waals surface area contributed by atoms with Gasteiger partial charge in [0.2, 0.25) is 0 Å². The van der Waals surface area contributed by atoms with E-state index in [0.29, 0.717) is 5.92 Å². The lowest BCUT2D eigenvalue weighted by Crippen LogP contribution is -2.31. The first-order valence-corrected chi connectivity index (χ1v) is 6.75. The number of thioether (sulfide) groups is 1. The number of benzene rings is 1. The van der Waals surface area contributed by atoms with E-state index in [4.69, 9.17) is 12.2 Å². The maximum atomic E-state index is 5.53. The smallest absolute Gasteiger partial charge is 0.0861 e. The number of para-hydroxylation sites is 1. The molecule has 0 spiro atoms. The van der Waals surface area contributed by atoms with Crippen LogP contribution in [0.5, 0.6) is 0 Å². The van der Waals surface area contributed by atoms with Crippen molar-refractivity contribution in [3.63, 3.8) is 0 Å². The summed E-state index contributed by atoms with van der Waals surface area (Å²) in [7, 11) is 2.07. The number of rotatable bonds is 2. The molecule has 0 N–H and O–H groups in total. The average Bonchev–Trinajstić information content (AvgIpc) is 2.82. The summed E-state index contributed by atoms with van der Waals surface area (Å²) in [6.07, 6.45) is 1.24. The molecule has 1 aliphatic heterocycles. The van der Waals surface area contributed by atoms with Gasteiger partial charge < -0.3 is 4.90 Å². The molecule has 1 fully saturated rings. The lowest BCUT2D eigenvalue weighted by atomic mass is 10.1. The van der Waals surface area contributed by atoms with E-state index in [0.717, 1.165) is 4.99 Å². The highest BCUT2D eigenvalue weighted by atomic mass is 32.2. The molecule has 1 unspecified atom stereocenters. The van der Waals surface area contributed by atoms with Gasteiger partial charge in [0.1, 0.15) is 0 Å². The molecule has 0 amide bonds. The second-order valence-electron chi connectivity index (χ2n) is 3.79. The minimum Gasteiger partial charge on any atom is -0.339 e.